The topological polar surface area (TPSA) is 117 Å². The van der Waals surface area contributed by atoms with Gasteiger partial charge in [-0.2, -0.15) is 0 Å². The number of amides is 2. The second-order valence-electron chi connectivity index (χ2n) is 13.9. The zero-order valence-electron chi connectivity index (χ0n) is 27.6. The summed E-state index contributed by atoms with van der Waals surface area (Å²) in [4.78, 5) is 47.4. The SMILES string of the molecule is COc1ccc(C2C3=C(CC(C)(C)CC3=O)Nc3ccccc3N2CC(=O)N2CCC(C(N)=O)(N3CCCCC3)CC2)cc1OC. The van der Waals surface area contributed by atoms with Crippen LogP contribution in [0.25, 0.3) is 0 Å². The molecule has 3 aliphatic heterocycles. The molecule has 2 aromatic rings. The number of hydrogen-bond acceptors (Lipinski definition) is 8. The molecule has 2 fully saturated rings. The summed E-state index contributed by atoms with van der Waals surface area (Å²) in [5.74, 6) is 0.866. The largest absolute Gasteiger partial charge is 0.493 e. The minimum Gasteiger partial charge on any atom is -0.493 e. The number of likely N-dealkylation sites (tertiary alicyclic amines) is 2. The summed E-state index contributed by atoms with van der Waals surface area (Å²) < 4.78 is 11.2. The molecule has 3 N–H and O–H groups in total. The summed E-state index contributed by atoms with van der Waals surface area (Å²) in [6.45, 7) is 6.92. The third kappa shape index (κ3) is 5.83. The maximum absolute atomic E-state index is 14.3. The molecule has 0 bridgehead atoms. The van der Waals surface area contributed by atoms with Gasteiger partial charge in [0.25, 0.3) is 0 Å². The number of nitrogens with two attached hydrogens (primary N) is 1. The van der Waals surface area contributed by atoms with E-state index in [0.717, 1.165) is 48.6 Å². The lowest BCUT2D eigenvalue weighted by Gasteiger charge is -2.48. The van der Waals surface area contributed by atoms with E-state index < -0.39 is 11.6 Å². The highest BCUT2D eigenvalue weighted by molar-refractivity contribution is 6.02. The molecule has 0 radical (unpaired) electrons. The predicted octanol–water partition coefficient (Wildman–Crippen LogP) is 4.65. The van der Waals surface area contributed by atoms with Crippen molar-refractivity contribution in [2.45, 2.75) is 70.4 Å². The van der Waals surface area contributed by atoms with E-state index in [1.54, 1.807) is 14.2 Å². The van der Waals surface area contributed by atoms with Gasteiger partial charge in [-0.3, -0.25) is 19.3 Å². The van der Waals surface area contributed by atoms with Crippen molar-refractivity contribution in [2.24, 2.45) is 11.1 Å². The van der Waals surface area contributed by atoms with Crippen LogP contribution in [0.15, 0.2) is 53.7 Å². The Balaban J connectivity index is 1.38. The maximum Gasteiger partial charge on any atom is 0.242 e. The van der Waals surface area contributed by atoms with Crippen LogP contribution in [-0.4, -0.2) is 79.9 Å². The average Bonchev–Trinajstić information content (AvgIpc) is 3.18. The zero-order valence-corrected chi connectivity index (χ0v) is 27.6. The van der Waals surface area contributed by atoms with Crippen LogP contribution in [0.5, 0.6) is 11.5 Å². The summed E-state index contributed by atoms with van der Waals surface area (Å²) >= 11 is 0. The zero-order chi connectivity index (χ0) is 32.6. The quantitative estimate of drug-likeness (QED) is 0.455. The number of Topliss-reactive ketones (excluding diaryl/α,β-unsaturated/α-hetero) is 1. The van der Waals surface area contributed by atoms with Gasteiger partial charge in [-0.05, 0) is 80.4 Å². The summed E-state index contributed by atoms with van der Waals surface area (Å²) in [7, 11) is 3.19. The van der Waals surface area contributed by atoms with Crippen LogP contribution in [-0.2, 0) is 14.4 Å². The fraction of sp³-hybridized carbons (Fsp3) is 0.528. The predicted molar refractivity (Wildman–Crippen MR) is 178 cm³/mol. The van der Waals surface area contributed by atoms with Gasteiger partial charge >= 0.3 is 0 Å². The molecule has 46 heavy (non-hydrogen) atoms. The third-order valence-corrected chi connectivity index (χ3v) is 10.4. The molecule has 0 aromatic heterocycles. The average molecular weight is 630 g/mol. The van der Waals surface area contributed by atoms with Gasteiger partial charge in [0.2, 0.25) is 11.8 Å². The molecule has 10 nitrogen and oxygen atoms in total. The Hall–Kier alpha value is -4.05. The number of fused-ring (bicyclic) bond motifs is 1. The number of primary amides is 1. The lowest BCUT2D eigenvalue weighted by Crippen LogP contribution is -2.64. The molecule has 4 aliphatic rings. The highest BCUT2D eigenvalue weighted by Crippen LogP contribution is 2.49. The molecule has 6 rings (SSSR count). The Morgan fingerprint density at radius 3 is 2.30 bits per heavy atom. The number of carbonyl (C=O) groups excluding carboxylic acids is 3. The van der Waals surface area contributed by atoms with Gasteiger partial charge < -0.3 is 30.3 Å². The number of ketones is 1. The second kappa shape index (κ2) is 12.6. The van der Waals surface area contributed by atoms with E-state index in [2.05, 4.69) is 29.0 Å². The standard InChI is InChI=1S/C36H47N5O5/c1-35(2)21-26-32(28(42)22-35)33(24-12-13-29(45-3)30(20-24)46-4)41(27-11-7-6-10-25(27)38-26)23-31(43)39-18-14-36(15-19-39,34(37)44)40-16-8-5-9-17-40/h6-7,10-13,20,33,38H,5,8-9,14-19,21-23H2,1-4H3,(H2,37,44). The third-order valence-electron chi connectivity index (χ3n) is 10.4. The number of allylic oxidation sites excluding steroid dienone is 1. The molecule has 2 aromatic carbocycles. The molecule has 3 heterocycles. The number of hydrogen-bond donors (Lipinski definition) is 2. The number of rotatable bonds is 7. The van der Waals surface area contributed by atoms with Gasteiger partial charge in [0.05, 0.1) is 38.2 Å². The van der Waals surface area contributed by atoms with Crippen molar-refractivity contribution in [2.75, 3.05) is 57.2 Å². The van der Waals surface area contributed by atoms with Gasteiger partial charge in [-0.1, -0.05) is 38.5 Å². The van der Waals surface area contributed by atoms with Crippen LogP contribution in [0.4, 0.5) is 11.4 Å². The monoisotopic (exact) mass is 629 g/mol. The molecule has 1 atom stereocenters. The van der Waals surface area contributed by atoms with Crippen molar-refractivity contribution >= 4 is 29.0 Å². The Kier molecular flexibility index (Phi) is 8.76. The van der Waals surface area contributed by atoms with Gasteiger partial charge in [-0.15, -0.1) is 0 Å². The number of anilines is 2. The van der Waals surface area contributed by atoms with Crippen molar-refractivity contribution < 1.29 is 23.9 Å². The molecule has 0 spiro atoms. The van der Waals surface area contributed by atoms with Crippen molar-refractivity contribution in [3.05, 3.63) is 59.3 Å². The lowest BCUT2D eigenvalue weighted by atomic mass is 9.73. The fourth-order valence-electron chi connectivity index (χ4n) is 8.01. The molecule has 10 heteroatoms. The number of nitrogens with zero attached hydrogens (tertiary/aromatic N) is 3. The van der Waals surface area contributed by atoms with Crippen molar-refractivity contribution in [3.8, 4) is 11.5 Å². The highest BCUT2D eigenvalue weighted by Gasteiger charge is 2.47. The minimum absolute atomic E-state index is 0.0513. The molecule has 2 amide bonds. The Morgan fingerprint density at radius 1 is 0.935 bits per heavy atom. The number of para-hydroxylation sites is 2. The van der Waals surface area contributed by atoms with E-state index in [4.69, 9.17) is 15.2 Å². The van der Waals surface area contributed by atoms with Crippen LogP contribution >= 0.6 is 0 Å². The number of ether oxygens (including phenoxy) is 2. The van der Waals surface area contributed by atoms with E-state index in [-0.39, 0.29) is 29.6 Å². The van der Waals surface area contributed by atoms with E-state index in [0.29, 0.717) is 55.8 Å². The molecular weight excluding hydrogens is 582 g/mol. The summed E-state index contributed by atoms with van der Waals surface area (Å²) in [5.41, 5.74) is 9.21. The summed E-state index contributed by atoms with van der Waals surface area (Å²) in [6, 6.07) is 13.1. The minimum atomic E-state index is -0.709. The summed E-state index contributed by atoms with van der Waals surface area (Å²) in [6.07, 6.45) is 5.44. The molecule has 1 unspecified atom stereocenters. The van der Waals surface area contributed by atoms with Gasteiger partial charge in [0, 0.05) is 30.8 Å². The fourth-order valence-corrected chi connectivity index (χ4v) is 8.01. The van der Waals surface area contributed by atoms with Crippen molar-refractivity contribution in [1.82, 2.24) is 9.80 Å². The summed E-state index contributed by atoms with van der Waals surface area (Å²) in [5, 5.41) is 3.62. The van der Waals surface area contributed by atoms with Gasteiger partial charge in [-0.25, -0.2) is 0 Å². The molecular formula is C36H47N5O5. The van der Waals surface area contributed by atoms with Crippen LogP contribution < -0.4 is 25.4 Å². The lowest BCUT2D eigenvalue weighted by molar-refractivity contribution is -0.141. The second-order valence-corrected chi connectivity index (χ2v) is 13.9. The van der Waals surface area contributed by atoms with E-state index >= 15 is 0 Å². The number of benzene rings is 2. The number of piperidine rings is 2. The Labute approximate surface area is 271 Å². The maximum atomic E-state index is 14.3. The van der Waals surface area contributed by atoms with Crippen LogP contribution in [0.2, 0.25) is 0 Å². The smallest absolute Gasteiger partial charge is 0.242 e. The Morgan fingerprint density at radius 2 is 1.63 bits per heavy atom. The first kappa shape index (κ1) is 31.9. The molecule has 2 saturated heterocycles. The number of methoxy groups -OCH3 is 2. The normalized spacial score (nSPS) is 22.7. The first-order valence-electron chi connectivity index (χ1n) is 16.5. The first-order chi connectivity index (χ1) is 22.1. The Bertz CT molecular complexity index is 1540. The van der Waals surface area contributed by atoms with Crippen LogP contribution in [0, 0.1) is 5.41 Å². The van der Waals surface area contributed by atoms with E-state index in [1.807, 2.05) is 47.4 Å². The molecule has 246 valence electrons. The van der Waals surface area contributed by atoms with Crippen molar-refractivity contribution in [3.63, 3.8) is 0 Å². The van der Waals surface area contributed by atoms with Gasteiger partial charge in [0.15, 0.2) is 17.3 Å². The molecule has 1 aliphatic carbocycles. The van der Waals surface area contributed by atoms with Crippen LogP contribution in [0.1, 0.15) is 70.4 Å². The number of carbonyl (C=O) groups is 3. The van der Waals surface area contributed by atoms with Crippen LogP contribution in [0.3, 0.4) is 0 Å². The van der Waals surface area contributed by atoms with E-state index in [1.165, 1.54) is 6.42 Å². The first-order valence-corrected chi connectivity index (χ1v) is 16.5. The number of nitrogens with one attached hydrogen (secondary N) is 1. The van der Waals surface area contributed by atoms with E-state index in [9.17, 15) is 14.4 Å². The van der Waals surface area contributed by atoms with Gasteiger partial charge in [0.1, 0.15) is 5.54 Å². The molecule has 0 saturated carbocycles. The highest BCUT2D eigenvalue weighted by atomic mass is 16.5. The van der Waals surface area contributed by atoms with Crippen molar-refractivity contribution in [1.29, 1.82) is 0 Å².